The van der Waals surface area contributed by atoms with Crippen molar-refractivity contribution in [1.29, 1.82) is 0 Å². The lowest BCUT2D eigenvalue weighted by Crippen LogP contribution is -2.24. The number of carbonyl (C=O) groups is 3. The second kappa shape index (κ2) is 16.1. The van der Waals surface area contributed by atoms with Crippen molar-refractivity contribution in [2.45, 2.75) is 122 Å². The molecule has 7 nitrogen and oxygen atoms in total. The molecule has 0 amide bonds. The SMILES string of the molecule is CCCCCCC(CCCCCCCCCCC(=O)OC)OC(=O)C1OC1C(=O)O. The molecule has 0 aromatic carbocycles. The van der Waals surface area contributed by atoms with Crippen molar-refractivity contribution < 1.29 is 33.7 Å². The standard InChI is InChI=1S/C23H40O7/c1-3-4-5-12-15-18(29-23(27)21-20(30-21)22(25)26)16-13-10-8-6-7-9-11-14-17-19(24)28-2/h18,20-21H,3-17H2,1-2H3,(H,25,26). The molecule has 30 heavy (non-hydrogen) atoms. The summed E-state index contributed by atoms with van der Waals surface area (Å²) in [6.45, 7) is 2.16. The maximum Gasteiger partial charge on any atom is 0.338 e. The average molecular weight is 429 g/mol. The number of rotatable bonds is 19. The predicted molar refractivity (Wildman–Crippen MR) is 113 cm³/mol. The molecule has 0 aliphatic carbocycles. The summed E-state index contributed by atoms with van der Waals surface area (Å²) in [5, 5.41) is 8.88. The zero-order valence-electron chi connectivity index (χ0n) is 18.7. The van der Waals surface area contributed by atoms with Crippen molar-refractivity contribution in [2.75, 3.05) is 7.11 Å². The summed E-state index contributed by atoms with van der Waals surface area (Å²) < 4.78 is 15.1. The van der Waals surface area contributed by atoms with Gasteiger partial charge >= 0.3 is 17.9 Å². The van der Waals surface area contributed by atoms with Crippen molar-refractivity contribution in [3.05, 3.63) is 0 Å². The van der Waals surface area contributed by atoms with E-state index in [0.29, 0.717) is 6.42 Å². The Bertz CT molecular complexity index is 506. The highest BCUT2D eigenvalue weighted by Gasteiger charge is 2.52. The van der Waals surface area contributed by atoms with E-state index in [1.807, 2.05) is 0 Å². The number of carboxylic acids is 1. The molecule has 3 atom stereocenters. The molecule has 0 aromatic heterocycles. The van der Waals surface area contributed by atoms with E-state index < -0.39 is 24.1 Å². The Morgan fingerprint density at radius 1 is 0.833 bits per heavy atom. The van der Waals surface area contributed by atoms with Crippen molar-refractivity contribution >= 4 is 17.9 Å². The molecule has 1 heterocycles. The lowest BCUT2D eigenvalue weighted by Gasteiger charge is -2.17. The monoisotopic (exact) mass is 428 g/mol. The molecular formula is C23H40O7. The van der Waals surface area contributed by atoms with Gasteiger partial charge in [0.25, 0.3) is 0 Å². The maximum absolute atomic E-state index is 12.1. The second-order valence-electron chi connectivity index (χ2n) is 8.17. The summed E-state index contributed by atoms with van der Waals surface area (Å²) in [7, 11) is 1.42. The van der Waals surface area contributed by atoms with Gasteiger partial charge in [-0.25, -0.2) is 9.59 Å². The third kappa shape index (κ3) is 12.2. The molecule has 3 unspecified atom stereocenters. The number of hydrogen-bond donors (Lipinski definition) is 1. The summed E-state index contributed by atoms with van der Waals surface area (Å²) in [6.07, 6.45) is 13.2. The quantitative estimate of drug-likeness (QED) is 0.179. The molecule has 1 fully saturated rings. The summed E-state index contributed by atoms with van der Waals surface area (Å²) in [4.78, 5) is 34.0. The van der Waals surface area contributed by atoms with E-state index in [4.69, 9.17) is 14.6 Å². The van der Waals surface area contributed by atoms with Gasteiger partial charge in [0, 0.05) is 6.42 Å². The molecule has 0 radical (unpaired) electrons. The van der Waals surface area contributed by atoms with Crippen LogP contribution in [0.1, 0.15) is 103 Å². The fraction of sp³-hybridized carbons (Fsp3) is 0.870. The van der Waals surface area contributed by atoms with Crippen LogP contribution in [0.3, 0.4) is 0 Å². The van der Waals surface area contributed by atoms with Gasteiger partial charge in [-0.2, -0.15) is 0 Å². The molecule has 174 valence electrons. The van der Waals surface area contributed by atoms with Gasteiger partial charge < -0.3 is 19.3 Å². The molecule has 0 saturated carbocycles. The van der Waals surface area contributed by atoms with Crippen LogP contribution in [0.5, 0.6) is 0 Å². The smallest absolute Gasteiger partial charge is 0.338 e. The molecule has 1 N–H and O–H groups in total. The molecule has 1 rings (SSSR count). The number of methoxy groups -OCH3 is 1. The van der Waals surface area contributed by atoms with E-state index in [0.717, 1.165) is 70.6 Å². The third-order valence-corrected chi connectivity index (χ3v) is 5.51. The van der Waals surface area contributed by atoms with Gasteiger partial charge in [-0.05, 0) is 32.1 Å². The Morgan fingerprint density at radius 3 is 1.87 bits per heavy atom. The van der Waals surface area contributed by atoms with Crippen LogP contribution >= 0.6 is 0 Å². The van der Waals surface area contributed by atoms with Crippen molar-refractivity contribution in [2.24, 2.45) is 0 Å². The highest BCUT2D eigenvalue weighted by atomic mass is 16.7. The number of aliphatic carboxylic acids is 1. The van der Waals surface area contributed by atoms with Gasteiger partial charge in [-0.15, -0.1) is 0 Å². The Hall–Kier alpha value is -1.63. The number of ether oxygens (including phenoxy) is 3. The van der Waals surface area contributed by atoms with Crippen LogP contribution in [0.15, 0.2) is 0 Å². The minimum absolute atomic E-state index is 0.133. The third-order valence-electron chi connectivity index (χ3n) is 5.51. The van der Waals surface area contributed by atoms with E-state index in [1.54, 1.807) is 0 Å². The maximum atomic E-state index is 12.1. The highest BCUT2D eigenvalue weighted by molar-refractivity contribution is 5.89. The first-order chi connectivity index (χ1) is 14.5. The van der Waals surface area contributed by atoms with Gasteiger partial charge in [0.05, 0.1) is 7.11 Å². The Kier molecular flexibility index (Phi) is 14.2. The van der Waals surface area contributed by atoms with E-state index in [1.165, 1.54) is 26.4 Å². The molecule has 1 aliphatic rings. The highest BCUT2D eigenvalue weighted by Crippen LogP contribution is 2.26. The summed E-state index contributed by atoms with van der Waals surface area (Å²) in [5.41, 5.74) is 0. The number of carboxylic acid groups (broad SMARTS) is 1. The normalized spacial score (nSPS) is 18.6. The zero-order valence-corrected chi connectivity index (χ0v) is 18.7. The predicted octanol–water partition coefficient (Wildman–Crippen LogP) is 4.79. The van der Waals surface area contributed by atoms with E-state index in [-0.39, 0.29) is 12.1 Å². The van der Waals surface area contributed by atoms with Gasteiger partial charge in [0.2, 0.25) is 0 Å². The lowest BCUT2D eigenvalue weighted by molar-refractivity contribution is -0.151. The second-order valence-corrected chi connectivity index (χ2v) is 8.17. The Morgan fingerprint density at radius 2 is 1.37 bits per heavy atom. The molecule has 7 heteroatoms. The number of unbranched alkanes of at least 4 members (excludes halogenated alkanes) is 10. The van der Waals surface area contributed by atoms with Crippen LogP contribution in [0.2, 0.25) is 0 Å². The first kappa shape index (κ1) is 26.4. The lowest BCUT2D eigenvalue weighted by atomic mass is 10.0. The molecule has 0 bridgehead atoms. The fourth-order valence-corrected chi connectivity index (χ4v) is 3.58. The molecule has 1 saturated heterocycles. The van der Waals surface area contributed by atoms with E-state index in [2.05, 4.69) is 11.7 Å². The topological polar surface area (TPSA) is 102 Å². The van der Waals surface area contributed by atoms with Gasteiger partial charge in [0.1, 0.15) is 6.10 Å². The zero-order chi connectivity index (χ0) is 22.2. The summed E-state index contributed by atoms with van der Waals surface area (Å²) in [5.74, 6) is -1.77. The summed E-state index contributed by atoms with van der Waals surface area (Å²) in [6, 6.07) is 0. The number of carbonyl (C=O) groups excluding carboxylic acids is 2. The van der Waals surface area contributed by atoms with Crippen molar-refractivity contribution in [3.8, 4) is 0 Å². The Balaban J connectivity index is 2.14. The molecular weight excluding hydrogens is 388 g/mol. The largest absolute Gasteiger partial charge is 0.479 e. The van der Waals surface area contributed by atoms with Crippen molar-refractivity contribution in [3.63, 3.8) is 0 Å². The van der Waals surface area contributed by atoms with E-state index in [9.17, 15) is 14.4 Å². The number of hydrogen-bond acceptors (Lipinski definition) is 6. The van der Waals surface area contributed by atoms with Crippen LogP contribution in [0.25, 0.3) is 0 Å². The molecule has 1 aliphatic heterocycles. The van der Waals surface area contributed by atoms with Gasteiger partial charge in [-0.1, -0.05) is 64.7 Å². The van der Waals surface area contributed by atoms with E-state index >= 15 is 0 Å². The van der Waals surface area contributed by atoms with Crippen LogP contribution in [-0.4, -0.2) is 48.4 Å². The number of esters is 2. The minimum atomic E-state index is -1.11. The van der Waals surface area contributed by atoms with Crippen LogP contribution in [0, 0.1) is 0 Å². The number of epoxide rings is 1. The van der Waals surface area contributed by atoms with Gasteiger partial charge in [-0.3, -0.25) is 4.79 Å². The van der Waals surface area contributed by atoms with Crippen LogP contribution in [-0.2, 0) is 28.6 Å². The van der Waals surface area contributed by atoms with Gasteiger partial charge in [0.15, 0.2) is 12.2 Å². The van der Waals surface area contributed by atoms with Crippen LogP contribution in [0.4, 0.5) is 0 Å². The first-order valence-electron chi connectivity index (χ1n) is 11.6. The van der Waals surface area contributed by atoms with Crippen LogP contribution < -0.4 is 0 Å². The minimum Gasteiger partial charge on any atom is -0.479 e. The molecule has 0 aromatic rings. The molecule has 0 spiro atoms. The fourth-order valence-electron chi connectivity index (χ4n) is 3.58. The van der Waals surface area contributed by atoms with Crippen molar-refractivity contribution in [1.82, 2.24) is 0 Å². The Labute approximate surface area is 180 Å². The first-order valence-corrected chi connectivity index (χ1v) is 11.6. The summed E-state index contributed by atoms with van der Waals surface area (Å²) >= 11 is 0. The average Bonchev–Trinajstić information content (AvgIpc) is 3.53.